The van der Waals surface area contributed by atoms with E-state index in [9.17, 15) is 9.50 Å². The third-order valence-corrected chi connectivity index (χ3v) is 8.97. The number of halogens is 2. The van der Waals surface area contributed by atoms with E-state index < -0.39 is 11.6 Å². The van der Waals surface area contributed by atoms with Gasteiger partial charge in [0, 0.05) is 42.3 Å². The van der Waals surface area contributed by atoms with Crippen LogP contribution in [-0.4, -0.2) is 75.9 Å². The number of nitrogens with zero attached hydrogens (tertiary/aromatic N) is 5. The monoisotopic (exact) mass is 546 g/mol. The van der Waals surface area contributed by atoms with Gasteiger partial charge in [0.2, 0.25) is 0 Å². The van der Waals surface area contributed by atoms with Crippen LogP contribution >= 0.6 is 0 Å². The molecule has 0 amide bonds. The van der Waals surface area contributed by atoms with Crippen molar-refractivity contribution in [2.24, 2.45) is 0 Å². The van der Waals surface area contributed by atoms with Gasteiger partial charge in [0.25, 0.3) is 0 Å². The van der Waals surface area contributed by atoms with Crippen molar-refractivity contribution in [3.05, 3.63) is 48.2 Å². The van der Waals surface area contributed by atoms with Crippen molar-refractivity contribution in [3.63, 3.8) is 0 Å². The fraction of sp³-hybridized carbons (Fsp3) is 0.433. The number of rotatable bonds is 5. The molecular weight excluding hydrogens is 514 g/mol. The van der Waals surface area contributed by atoms with E-state index in [0.717, 1.165) is 45.3 Å². The highest BCUT2D eigenvalue weighted by Gasteiger charge is 2.36. The molecule has 2 N–H and O–H groups in total. The quantitative estimate of drug-likeness (QED) is 0.375. The summed E-state index contributed by atoms with van der Waals surface area (Å²) >= 11 is 0. The first-order chi connectivity index (χ1) is 19.3. The normalized spacial score (nSPS) is 24.9. The molecule has 2 aromatic heterocycles. The van der Waals surface area contributed by atoms with Gasteiger partial charge in [0.15, 0.2) is 5.82 Å². The maximum atomic E-state index is 16.5. The van der Waals surface area contributed by atoms with Gasteiger partial charge in [0.05, 0.1) is 10.9 Å². The van der Waals surface area contributed by atoms with Crippen molar-refractivity contribution in [3.8, 4) is 23.0 Å². The van der Waals surface area contributed by atoms with Crippen molar-refractivity contribution in [2.45, 2.75) is 50.2 Å². The van der Waals surface area contributed by atoms with Gasteiger partial charge in [-0.25, -0.2) is 8.78 Å². The molecule has 3 atom stereocenters. The molecule has 2 bridgehead atoms. The number of ether oxygens (including phenoxy) is 1. The third kappa shape index (κ3) is 4.21. The number of pyridine rings is 1. The lowest BCUT2D eigenvalue weighted by molar-refractivity contribution is 0.108. The highest BCUT2D eigenvalue weighted by molar-refractivity contribution is 6.00. The molecule has 0 radical (unpaired) electrons. The summed E-state index contributed by atoms with van der Waals surface area (Å²) < 4.78 is 37.6. The van der Waals surface area contributed by atoms with Gasteiger partial charge in [-0.2, -0.15) is 9.97 Å². The Kier molecular flexibility index (Phi) is 6.01. The summed E-state index contributed by atoms with van der Waals surface area (Å²) in [5.41, 5.74) is -0.0203. The molecule has 208 valence electrons. The largest absolute Gasteiger partial charge is 0.508 e. The van der Waals surface area contributed by atoms with Gasteiger partial charge < -0.3 is 20.1 Å². The Morgan fingerprint density at radius 3 is 2.70 bits per heavy atom. The summed E-state index contributed by atoms with van der Waals surface area (Å²) in [5.74, 6) is -0.741. The third-order valence-electron chi connectivity index (χ3n) is 8.97. The Hall–Kier alpha value is -3.63. The molecule has 5 heterocycles. The SMILES string of the molecule is CN1CCC[C@@]1(C)COc1nc(N2CC3CCC(C2)N3)c2cnc(-c3cc(O)cc4cccc(F)c34)c(F)c2n1. The summed E-state index contributed by atoms with van der Waals surface area (Å²) in [7, 11) is 2.08. The second-order valence-corrected chi connectivity index (χ2v) is 11.7. The number of aromatic nitrogens is 3. The number of phenols is 1. The number of aromatic hydroxyl groups is 1. The number of hydrogen-bond donors (Lipinski definition) is 2. The number of hydrogen-bond acceptors (Lipinski definition) is 8. The van der Waals surface area contributed by atoms with Crippen molar-refractivity contribution >= 4 is 27.5 Å². The predicted octanol–water partition coefficient (Wildman–Crippen LogP) is 4.63. The average Bonchev–Trinajstić information content (AvgIpc) is 3.46. The van der Waals surface area contributed by atoms with Crippen molar-refractivity contribution in [2.75, 3.05) is 38.2 Å². The number of anilines is 1. The van der Waals surface area contributed by atoms with Crippen LogP contribution in [-0.2, 0) is 0 Å². The van der Waals surface area contributed by atoms with Crippen LogP contribution in [0.25, 0.3) is 32.9 Å². The summed E-state index contributed by atoms with van der Waals surface area (Å²) in [6, 6.07) is 8.13. The fourth-order valence-corrected chi connectivity index (χ4v) is 6.60. The number of fused-ring (bicyclic) bond motifs is 4. The topological polar surface area (TPSA) is 86.6 Å². The van der Waals surface area contributed by atoms with Gasteiger partial charge in [-0.1, -0.05) is 12.1 Å². The first kappa shape index (κ1) is 25.3. The van der Waals surface area contributed by atoms with Crippen LogP contribution in [0.4, 0.5) is 14.6 Å². The van der Waals surface area contributed by atoms with Crippen LogP contribution < -0.4 is 15.0 Å². The molecule has 10 heteroatoms. The van der Waals surface area contributed by atoms with E-state index >= 15 is 4.39 Å². The molecule has 2 unspecified atom stereocenters. The van der Waals surface area contributed by atoms with Gasteiger partial charge in [0.1, 0.15) is 35.2 Å². The summed E-state index contributed by atoms with van der Waals surface area (Å²) in [6.07, 6.45) is 5.81. The Labute approximate surface area is 231 Å². The molecular formula is C30H32F2N6O2. The maximum Gasteiger partial charge on any atom is 0.319 e. The Morgan fingerprint density at radius 1 is 1.15 bits per heavy atom. The zero-order chi connectivity index (χ0) is 27.6. The number of likely N-dealkylation sites (tertiary alicyclic amines) is 1. The molecule has 40 heavy (non-hydrogen) atoms. The number of benzene rings is 2. The molecule has 2 aromatic carbocycles. The lowest BCUT2D eigenvalue weighted by Crippen LogP contribution is -2.51. The lowest BCUT2D eigenvalue weighted by Gasteiger charge is -2.34. The minimum atomic E-state index is -0.705. The van der Waals surface area contributed by atoms with E-state index in [1.165, 1.54) is 18.2 Å². The van der Waals surface area contributed by atoms with Gasteiger partial charge >= 0.3 is 6.01 Å². The van der Waals surface area contributed by atoms with Gasteiger partial charge in [-0.05, 0) is 69.8 Å². The van der Waals surface area contributed by atoms with Crippen LogP contribution in [0, 0.1) is 11.6 Å². The molecule has 0 spiro atoms. The molecule has 0 aliphatic carbocycles. The van der Waals surface area contributed by atoms with Crippen LogP contribution in [0.15, 0.2) is 36.5 Å². The Morgan fingerprint density at radius 2 is 1.95 bits per heavy atom. The van der Waals surface area contributed by atoms with E-state index in [4.69, 9.17) is 9.72 Å². The van der Waals surface area contributed by atoms with Crippen LogP contribution in [0.2, 0.25) is 0 Å². The molecule has 3 aliphatic rings. The standard InChI is InChI=1S/C30H32F2N6O2/c1-30(9-4-10-37(30)2)16-40-29-35-27-22(28(36-29)38-14-18-7-8-19(15-38)34-18)13-33-26(25(27)32)21-12-20(39)11-17-5-3-6-23(31)24(17)21/h3,5-6,11-13,18-19,34,39H,4,7-10,14-16H2,1-2H3/t18?,19?,30-/m0/s1. The summed E-state index contributed by atoms with van der Waals surface area (Å²) in [6.45, 7) is 5.01. The molecule has 3 aliphatic heterocycles. The minimum Gasteiger partial charge on any atom is -0.508 e. The molecule has 4 aromatic rings. The lowest BCUT2D eigenvalue weighted by atomic mass is 9.99. The number of likely N-dealkylation sites (N-methyl/N-ethyl adjacent to an activating group) is 1. The highest BCUT2D eigenvalue weighted by Crippen LogP contribution is 2.38. The van der Waals surface area contributed by atoms with Crippen molar-refractivity contribution in [1.82, 2.24) is 25.2 Å². The molecule has 3 fully saturated rings. The number of phenolic OH excluding ortho intramolecular Hbond substituents is 1. The van der Waals surface area contributed by atoms with Gasteiger partial charge in [-0.3, -0.25) is 9.88 Å². The van der Waals surface area contributed by atoms with E-state index in [0.29, 0.717) is 35.3 Å². The Balaban J connectivity index is 1.38. The second kappa shape index (κ2) is 9.49. The zero-order valence-corrected chi connectivity index (χ0v) is 22.6. The molecule has 0 saturated carbocycles. The smallest absolute Gasteiger partial charge is 0.319 e. The van der Waals surface area contributed by atoms with Crippen LogP contribution in [0.1, 0.15) is 32.6 Å². The molecule has 3 saturated heterocycles. The van der Waals surface area contributed by atoms with Crippen LogP contribution in [0.3, 0.4) is 0 Å². The van der Waals surface area contributed by atoms with Crippen molar-refractivity contribution < 1.29 is 18.6 Å². The van der Waals surface area contributed by atoms with E-state index in [2.05, 4.69) is 39.1 Å². The van der Waals surface area contributed by atoms with E-state index in [1.54, 1.807) is 18.3 Å². The highest BCUT2D eigenvalue weighted by atomic mass is 19.1. The second-order valence-electron chi connectivity index (χ2n) is 11.7. The van der Waals surface area contributed by atoms with Crippen LogP contribution in [0.5, 0.6) is 11.8 Å². The summed E-state index contributed by atoms with van der Waals surface area (Å²) in [5, 5.41) is 15.1. The predicted molar refractivity (Wildman–Crippen MR) is 150 cm³/mol. The Bertz CT molecular complexity index is 1620. The minimum absolute atomic E-state index is 0.0636. The number of piperazine rings is 1. The summed E-state index contributed by atoms with van der Waals surface area (Å²) in [4.78, 5) is 18.2. The first-order valence-corrected chi connectivity index (χ1v) is 13.9. The molecule has 7 rings (SSSR count). The number of nitrogens with one attached hydrogen (secondary N) is 1. The first-order valence-electron chi connectivity index (χ1n) is 13.9. The fourth-order valence-electron chi connectivity index (χ4n) is 6.60. The molecule has 8 nitrogen and oxygen atoms in total. The average molecular weight is 547 g/mol. The van der Waals surface area contributed by atoms with E-state index in [-0.39, 0.29) is 39.5 Å². The maximum absolute atomic E-state index is 16.5. The van der Waals surface area contributed by atoms with Crippen molar-refractivity contribution in [1.29, 1.82) is 0 Å². The van der Waals surface area contributed by atoms with Gasteiger partial charge in [-0.15, -0.1) is 0 Å². The zero-order valence-electron chi connectivity index (χ0n) is 22.6. The van der Waals surface area contributed by atoms with E-state index in [1.807, 2.05) is 0 Å².